The van der Waals surface area contributed by atoms with Crippen molar-refractivity contribution >= 4 is 53.3 Å². The minimum Gasteiger partial charge on any atom is -0.309 e. The van der Waals surface area contributed by atoms with Crippen molar-refractivity contribution in [3.8, 4) is 27.9 Å². The number of hydrogen-bond acceptors (Lipinski definition) is 1. The maximum Gasteiger partial charge on any atom is 0.0548 e. The molecule has 2 heteroatoms. The van der Waals surface area contributed by atoms with Gasteiger partial charge in [0.15, 0.2) is 0 Å². The highest BCUT2D eigenvalue weighted by Crippen LogP contribution is 2.52. The average Bonchev–Trinajstić information content (AvgIpc) is 3.62. The first kappa shape index (κ1) is 23.1. The van der Waals surface area contributed by atoms with Gasteiger partial charge in [-0.05, 0) is 69.8 Å². The third kappa shape index (κ3) is 3.11. The van der Waals surface area contributed by atoms with E-state index in [1.807, 2.05) is 11.3 Å². The van der Waals surface area contributed by atoms with Crippen LogP contribution in [0.1, 0.15) is 25.0 Å². The van der Waals surface area contributed by atoms with Crippen molar-refractivity contribution in [2.24, 2.45) is 0 Å². The number of para-hydroxylation sites is 1. The smallest absolute Gasteiger partial charge is 0.0548 e. The number of thiophene rings is 1. The molecule has 0 radical (unpaired) electrons. The van der Waals surface area contributed by atoms with Gasteiger partial charge in [0, 0.05) is 42.0 Å². The SMILES string of the molecule is CC1(C)c2ccccc2-c2c(-c3ccc(-n4c5ccccc5c5cc6sc7ccccc7c6cc54)cc3)cccc21. The van der Waals surface area contributed by atoms with E-state index in [4.69, 9.17) is 0 Å². The fourth-order valence-corrected chi connectivity index (χ4v) is 8.38. The Bertz CT molecular complexity index is 2330. The van der Waals surface area contributed by atoms with E-state index < -0.39 is 0 Å². The summed E-state index contributed by atoms with van der Waals surface area (Å²) in [5.74, 6) is 0. The minimum atomic E-state index is 0.00200. The summed E-state index contributed by atoms with van der Waals surface area (Å²) in [5.41, 5.74) is 11.8. The second kappa shape index (κ2) is 8.19. The van der Waals surface area contributed by atoms with E-state index in [0.29, 0.717) is 0 Å². The molecule has 1 aliphatic rings. The van der Waals surface area contributed by atoms with Crippen LogP contribution in [0.25, 0.3) is 69.9 Å². The average molecular weight is 542 g/mol. The van der Waals surface area contributed by atoms with Gasteiger partial charge < -0.3 is 4.57 Å². The second-order valence-electron chi connectivity index (χ2n) is 11.8. The van der Waals surface area contributed by atoms with E-state index in [2.05, 4.69) is 146 Å². The van der Waals surface area contributed by atoms with Gasteiger partial charge in [-0.15, -0.1) is 11.3 Å². The zero-order valence-corrected chi connectivity index (χ0v) is 23.8. The van der Waals surface area contributed by atoms with Gasteiger partial charge in [0.2, 0.25) is 0 Å². The van der Waals surface area contributed by atoms with Crippen molar-refractivity contribution in [3.05, 3.63) is 139 Å². The summed E-state index contributed by atoms with van der Waals surface area (Å²) >= 11 is 1.89. The molecule has 0 saturated heterocycles. The zero-order valence-electron chi connectivity index (χ0n) is 23.0. The molecule has 0 saturated carbocycles. The first-order valence-corrected chi connectivity index (χ1v) is 15.1. The highest BCUT2D eigenvalue weighted by Gasteiger charge is 2.36. The highest BCUT2D eigenvalue weighted by molar-refractivity contribution is 7.25. The number of nitrogens with zero attached hydrogens (tertiary/aromatic N) is 1. The topological polar surface area (TPSA) is 4.93 Å². The number of rotatable bonds is 2. The highest BCUT2D eigenvalue weighted by atomic mass is 32.1. The maximum absolute atomic E-state index is 2.44. The van der Waals surface area contributed by atoms with Gasteiger partial charge in [-0.2, -0.15) is 0 Å². The summed E-state index contributed by atoms with van der Waals surface area (Å²) in [5, 5.41) is 5.27. The van der Waals surface area contributed by atoms with Crippen LogP contribution >= 0.6 is 11.3 Å². The van der Waals surface area contributed by atoms with Crippen LogP contribution in [0.15, 0.2) is 127 Å². The molecule has 6 aromatic carbocycles. The molecule has 9 rings (SSSR count). The van der Waals surface area contributed by atoms with Crippen LogP contribution in [0.5, 0.6) is 0 Å². The summed E-state index contributed by atoms with van der Waals surface area (Å²) in [6.07, 6.45) is 0. The van der Waals surface area contributed by atoms with Gasteiger partial charge in [0.1, 0.15) is 0 Å². The van der Waals surface area contributed by atoms with Crippen LogP contribution in [-0.4, -0.2) is 4.57 Å². The predicted molar refractivity (Wildman–Crippen MR) is 177 cm³/mol. The lowest BCUT2D eigenvalue weighted by Gasteiger charge is -2.21. The Morgan fingerprint density at radius 1 is 0.512 bits per heavy atom. The molecular formula is C39H27NS. The Morgan fingerprint density at radius 3 is 2.10 bits per heavy atom. The molecule has 0 atom stereocenters. The second-order valence-corrected chi connectivity index (χ2v) is 12.8. The van der Waals surface area contributed by atoms with Crippen LogP contribution in [-0.2, 0) is 5.41 Å². The lowest BCUT2D eigenvalue weighted by atomic mass is 9.82. The van der Waals surface area contributed by atoms with Crippen molar-refractivity contribution in [3.63, 3.8) is 0 Å². The predicted octanol–water partition coefficient (Wildman–Crippen LogP) is 11.1. The van der Waals surface area contributed by atoms with E-state index >= 15 is 0 Å². The van der Waals surface area contributed by atoms with Crippen LogP contribution in [0, 0.1) is 0 Å². The summed E-state index contributed by atoms with van der Waals surface area (Å²) in [4.78, 5) is 0. The lowest BCUT2D eigenvalue weighted by Crippen LogP contribution is -2.14. The molecule has 2 heterocycles. The molecule has 0 amide bonds. The standard InChI is InChI=1S/C39H27NS/c1-39(2)32-14-6-3-12-29(32)38-26(13-9-15-33(38)39)24-18-20-25(21-19-24)40-34-16-7-4-10-27(34)30-23-37-31(22-35(30)40)28-11-5-8-17-36(28)41-37/h3-23H,1-2H3. The molecule has 41 heavy (non-hydrogen) atoms. The van der Waals surface area contributed by atoms with Crippen molar-refractivity contribution in [1.82, 2.24) is 4.57 Å². The van der Waals surface area contributed by atoms with E-state index in [-0.39, 0.29) is 5.41 Å². The summed E-state index contributed by atoms with van der Waals surface area (Å²) in [6, 6.07) is 47.3. The fourth-order valence-electron chi connectivity index (χ4n) is 7.25. The molecule has 0 N–H and O–H groups in total. The molecule has 0 unspecified atom stereocenters. The number of benzene rings is 6. The molecule has 0 spiro atoms. The van der Waals surface area contributed by atoms with Crippen LogP contribution in [0.3, 0.4) is 0 Å². The maximum atomic E-state index is 2.44. The Kier molecular flexibility index (Phi) is 4.61. The quantitative estimate of drug-likeness (QED) is 0.205. The monoisotopic (exact) mass is 541 g/mol. The molecule has 194 valence electrons. The lowest BCUT2D eigenvalue weighted by molar-refractivity contribution is 0.660. The Hall–Kier alpha value is -4.66. The summed E-state index contributed by atoms with van der Waals surface area (Å²) in [6.45, 7) is 4.70. The van der Waals surface area contributed by atoms with Gasteiger partial charge >= 0.3 is 0 Å². The fraction of sp³-hybridized carbons (Fsp3) is 0.0769. The van der Waals surface area contributed by atoms with E-state index in [0.717, 1.165) is 0 Å². The number of hydrogen-bond donors (Lipinski definition) is 0. The molecule has 0 fully saturated rings. The van der Waals surface area contributed by atoms with E-state index in [1.165, 1.54) is 81.0 Å². The Balaban J connectivity index is 1.25. The van der Waals surface area contributed by atoms with Crippen LogP contribution in [0.4, 0.5) is 0 Å². The molecule has 0 aliphatic heterocycles. The van der Waals surface area contributed by atoms with Gasteiger partial charge in [-0.3, -0.25) is 0 Å². The molecule has 1 nitrogen and oxygen atoms in total. The summed E-state index contributed by atoms with van der Waals surface area (Å²) < 4.78 is 5.13. The molecule has 0 bridgehead atoms. The largest absolute Gasteiger partial charge is 0.309 e. The van der Waals surface area contributed by atoms with Crippen LogP contribution < -0.4 is 0 Å². The van der Waals surface area contributed by atoms with E-state index in [1.54, 1.807) is 0 Å². The number of fused-ring (bicyclic) bond motifs is 9. The third-order valence-electron chi connectivity index (χ3n) is 9.22. The minimum absolute atomic E-state index is 0.00200. The van der Waals surface area contributed by atoms with Gasteiger partial charge in [-0.1, -0.05) is 105 Å². The van der Waals surface area contributed by atoms with Crippen LogP contribution in [0.2, 0.25) is 0 Å². The van der Waals surface area contributed by atoms with Gasteiger partial charge in [0.25, 0.3) is 0 Å². The van der Waals surface area contributed by atoms with Gasteiger partial charge in [-0.25, -0.2) is 0 Å². The van der Waals surface area contributed by atoms with Crippen molar-refractivity contribution in [2.75, 3.05) is 0 Å². The zero-order chi connectivity index (χ0) is 27.3. The van der Waals surface area contributed by atoms with Crippen molar-refractivity contribution in [2.45, 2.75) is 19.3 Å². The summed E-state index contributed by atoms with van der Waals surface area (Å²) in [7, 11) is 0. The van der Waals surface area contributed by atoms with Gasteiger partial charge in [0.05, 0.1) is 11.0 Å². The Labute approximate surface area is 242 Å². The first-order valence-electron chi connectivity index (χ1n) is 14.3. The number of aromatic nitrogens is 1. The van der Waals surface area contributed by atoms with Crippen molar-refractivity contribution < 1.29 is 0 Å². The normalized spacial score (nSPS) is 13.8. The Morgan fingerprint density at radius 2 is 1.22 bits per heavy atom. The van der Waals surface area contributed by atoms with Crippen molar-refractivity contribution in [1.29, 1.82) is 0 Å². The molecule has 8 aromatic rings. The third-order valence-corrected chi connectivity index (χ3v) is 10.3. The molecule has 2 aromatic heterocycles. The van der Waals surface area contributed by atoms with E-state index in [9.17, 15) is 0 Å². The molecule has 1 aliphatic carbocycles. The first-order chi connectivity index (χ1) is 20.1. The molecular weight excluding hydrogens is 515 g/mol.